The monoisotopic (exact) mass is 636 g/mol. The van der Waals surface area contributed by atoms with Crippen LogP contribution in [0.15, 0.2) is 83.5 Å². The van der Waals surface area contributed by atoms with E-state index in [4.69, 9.17) is 20.8 Å². The number of nitrogens with zero attached hydrogens (tertiary/aromatic N) is 2. The number of aromatic nitrogens is 2. The number of aryl methyl sites for hydroxylation is 1. The smallest absolute Gasteiger partial charge is 0.153 e. The van der Waals surface area contributed by atoms with Gasteiger partial charge in [0.25, 0.3) is 0 Å². The van der Waals surface area contributed by atoms with E-state index in [0.717, 1.165) is 40.8 Å². The molecule has 3 aromatic carbocycles. The molecule has 8 nitrogen and oxygen atoms in total. The van der Waals surface area contributed by atoms with Crippen LogP contribution in [-0.4, -0.2) is 42.5 Å². The highest BCUT2D eigenvalue weighted by molar-refractivity contribution is 7.92. The SMILES string of the molecule is CC(C)S(=O)(=O)CCNCCCc1ccc(-c2ccc3ncnc(Nc4ccc(OCc5cccc(F)c5)c(Cl)c4)c3c2)o1. The molecule has 0 fully saturated rings. The highest BCUT2D eigenvalue weighted by Crippen LogP contribution is 2.33. The molecule has 0 spiro atoms. The summed E-state index contributed by atoms with van der Waals surface area (Å²) in [5.41, 5.74) is 3.08. The van der Waals surface area contributed by atoms with Crippen LogP contribution in [-0.2, 0) is 22.9 Å². The fraction of sp³-hybridized carbons (Fsp3) is 0.273. The van der Waals surface area contributed by atoms with E-state index >= 15 is 0 Å². The van der Waals surface area contributed by atoms with Crippen LogP contribution in [0, 0.1) is 5.82 Å². The number of benzene rings is 3. The third-order valence-corrected chi connectivity index (χ3v) is 9.62. The fourth-order valence-electron chi connectivity index (χ4n) is 4.56. The van der Waals surface area contributed by atoms with Gasteiger partial charge in [-0.25, -0.2) is 22.8 Å². The second kappa shape index (κ2) is 14.2. The highest BCUT2D eigenvalue weighted by Gasteiger charge is 2.15. The van der Waals surface area contributed by atoms with Crippen LogP contribution in [0.25, 0.3) is 22.2 Å². The van der Waals surface area contributed by atoms with Crippen molar-refractivity contribution < 1.29 is 22.0 Å². The van der Waals surface area contributed by atoms with Crippen molar-refractivity contribution in [2.75, 3.05) is 24.2 Å². The molecule has 2 heterocycles. The molecule has 0 radical (unpaired) electrons. The van der Waals surface area contributed by atoms with Crippen LogP contribution < -0.4 is 15.4 Å². The van der Waals surface area contributed by atoms with Gasteiger partial charge in [-0.05, 0) is 93.0 Å². The number of ether oxygens (including phenoxy) is 1. The number of anilines is 2. The number of furan rings is 1. The quantitative estimate of drug-likeness (QED) is 0.122. The Morgan fingerprint density at radius 2 is 1.86 bits per heavy atom. The van der Waals surface area contributed by atoms with Crippen LogP contribution in [0.2, 0.25) is 5.02 Å². The maximum absolute atomic E-state index is 13.5. The fourth-order valence-corrected chi connectivity index (χ4v) is 5.70. The normalized spacial score (nSPS) is 11.8. The first-order valence-electron chi connectivity index (χ1n) is 14.4. The van der Waals surface area contributed by atoms with E-state index in [9.17, 15) is 12.8 Å². The summed E-state index contributed by atoms with van der Waals surface area (Å²) in [6.45, 7) is 4.75. The third kappa shape index (κ3) is 8.13. The summed E-state index contributed by atoms with van der Waals surface area (Å²) < 4.78 is 49.2. The Morgan fingerprint density at radius 3 is 2.66 bits per heavy atom. The first kappa shape index (κ1) is 31.4. The first-order valence-corrected chi connectivity index (χ1v) is 16.5. The molecule has 0 unspecified atom stereocenters. The van der Waals surface area contributed by atoms with Gasteiger partial charge in [0.05, 0.1) is 21.5 Å². The molecule has 2 N–H and O–H groups in total. The molecule has 0 aliphatic heterocycles. The van der Waals surface area contributed by atoms with E-state index in [1.807, 2.05) is 36.4 Å². The topological polar surface area (TPSA) is 106 Å². The molecule has 5 rings (SSSR count). The Labute approximate surface area is 261 Å². The van der Waals surface area contributed by atoms with Gasteiger partial charge in [0.1, 0.15) is 41.8 Å². The molecule has 0 amide bonds. The van der Waals surface area contributed by atoms with Crippen molar-refractivity contribution in [3.8, 4) is 17.1 Å². The molecule has 44 heavy (non-hydrogen) atoms. The summed E-state index contributed by atoms with van der Waals surface area (Å²) in [6, 6.07) is 21.3. The van der Waals surface area contributed by atoms with Crippen LogP contribution in [0.4, 0.5) is 15.9 Å². The summed E-state index contributed by atoms with van der Waals surface area (Å²) in [7, 11) is -3.03. The predicted octanol–water partition coefficient (Wildman–Crippen LogP) is 7.35. The summed E-state index contributed by atoms with van der Waals surface area (Å²) in [5, 5.41) is 7.39. The average Bonchev–Trinajstić information content (AvgIpc) is 3.47. The Kier molecular flexibility index (Phi) is 10.1. The average molecular weight is 637 g/mol. The van der Waals surface area contributed by atoms with Gasteiger partial charge in [0, 0.05) is 29.6 Å². The minimum absolute atomic E-state index is 0.142. The number of hydrogen-bond donors (Lipinski definition) is 2. The molecule has 0 aliphatic carbocycles. The maximum atomic E-state index is 13.5. The van der Waals surface area contributed by atoms with E-state index < -0.39 is 9.84 Å². The third-order valence-electron chi connectivity index (χ3n) is 7.12. The van der Waals surface area contributed by atoms with E-state index in [0.29, 0.717) is 40.9 Å². The number of rotatable bonds is 14. The van der Waals surface area contributed by atoms with Crippen LogP contribution in [0.5, 0.6) is 5.75 Å². The maximum Gasteiger partial charge on any atom is 0.153 e. The molecular weight excluding hydrogens is 603 g/mol. The van der Waals surface area contributed by atoms with Gasteiger partial charge in [0.2, 0.25) is 0 Å². The van der Waals surface area contributed by atoms with E-state index in [1.54, 1.807) is 38.1 Å². The lowest BCUT2D eigenvalue weighted by Crippen LogP contribution is -2.28. The van der Waals surface area contributed by atoms with E-state index in [-0.39, 0.29) is 23.4 Å². The Balaban J connectivity index is 1.21. The molecule has 2 aromatic heterocycles. The van der Waals surface area contributed by atoms with Gasteiger partial charge in [-0.1, -0.05) is 23.7 Å². The van der Waals surface area contributed by atoms with Crippen molar-refractivity contribution in [1.29, 1.82) is 0 Å². The lowest BCUT2D eigenvalue weighted by Gasteiger charge is -2.12. The van der Waals surface area contributed by atoms with Crippen LogP contribution >= 0.6 is 11.6 Å². The number of hydrogen-bond acceptors (Lipinski definition) is 8. The number of fused-ring (bicyclic) bond motifs is 1. The largest absolute Gasteiger partial charge is 0.487 e. The molecule has 0 saturated heterocycles. The summed E-state index contributed by atoms with van der Waals surface area (Å²) in [5.74, 6) is 2.51. The van der Waals surface area contributed by atoms with Crippen molar-refractivity contribution in [2.45, 2.75) is 38.5 Å². The molecule has 0 atom stereocenters. The highest BCUT2D eigenvalue weighted by atomic mass is 35.5. The number of sulfone groups is 1. The Morgan fingerprint density at radius 1 is 1.00 bits per heavy atom. The standard InChI is InChI=1S/C33H34ClFN4O4S/c1-22(2)44(40,41)16-15-36-14-4-7-27-10-13-31(43-27)24-8-11-30-28(18-24)33(38-21-37-30)39-26-9-12-32(29(34)19-26)42-20-23-5-3-6-25(35)17-23/h3,5-6,8-13,17-19,21-22,36H,4,7,14-16,20H2,1-2H3,(H,37,38,39). The molecule has 11 heteroatoms. The zero-order valence-electron chi connectivity index (χ0n) is 24.5. The molecule has 0 saturated carbocycles. The van der Waals surface area contributed by atoms with Gasteiger partial charge < -0.3 is 19.8 Å². The van der Waals surface area contributed by atoms with Gasteiger partial charge in [0.15, 0.2) is 9.84 Å². The summed E-state index contributed by atoms with van der Waals surface area (Å²) in [4.78, 5) is 8.87. The minimum atomic E-state index is -3.03. The van der Waals surface area contributed by atoms with Crippen molar-refractivity contribution >= 4 is 43.8 Å². The van der Waals surface area contributed by atoms with Crippen molar-refractivity contribution in [1.82, 2.24) is 15.3 Å². The van der Waals surface area contributed by atoms with E-state index in [2.05, 4.69) is 20.6 Å². The molecule has 0 aliphatic rings. The lowest BCUT2D eigenvalue weighted by atomic mass is 10.1. The molecule has 0 bridgehead atoms. The van der Waals surface area contributed by atoms with Gasteiger partial charge in [-0.3, -0.25) is 0 Å². The zero-order chi connectivity index (χ0) is 31.1. The Hall–Kier alpha value is -3.99. The van der Waals surface area contributed by atoms with Crippen molar-refractivity contribution in [3.05, 3.63) is 101 Å². The second-order valence-corrected chi connectivity index (χ2v) is 13.8. The van der Waals surface area contributed by atoms with Crippen molar-refractivity contribution in [2.24, 2.45) is 0 Å². The summed E-state index contributed by atoms with van der Waals surface area (Å²) >= 11 is 6.50. The predicted molar refractivity (Wildman–Crippen MR) is 173 cm³/mol. The molecule has 230 valence electrons. The minimum Gasteiger partial charge on any atom is -0.487 e. The van der Waals surface area contributed by atoms with Crippen LogP contribution in [0.1, 0.15) is 31.6 Å². The molecular formula is C33H34ClFN4O4S. The van der Waals surface area contributed by atoms with Crippen molar-refractivity contribution in [3.63, 3.8) is 0 Å². The van der Waals surface area contributed by atoms with Gasteiger partial charge in [-0.15, -0.1) is 0 Å². The molecule has 5 aromatic rings. The first-order chi connectivity index (χ1) is 21.2. The van der Waals surface area contributed by atoms with Crippen LogP contribution in [0.3, 0.4) is 0 Å². The lowest BCUT2D eigenvalue weighted by molar-refractivity contribution is 0.306. The second-order valence-electron chi connectivity index (χ2n) is 10.7. The summed E-state index contributed by atoms with van der Waals surface area (Å²) in [6.07, 6.45) is 3.06. The number of halogens is 2. The Bertz CT molecular complexity index is 1850. The number of nitrogens with one attached hydrogen (secondary N) is 2. The van der Waals surface area contributed by atoms with E-state index in [1.165, 1.54) is 18.5 Å². The van der Waals surface area contributed by atoms with Gasteiger partial charge >= 0.3 is 0 Å². The van der Waals surface area contributed by atoms with Gasteiger partial charge in [-0.2, -0.15) is 0 Å². The zero-order valence-corrected chi connectivity index (χ0v) is 26.1.